The van der Waals surface area contributed by atoms with E-state index in [4.69, 9.17) is 9.47 Å². The van der Waals surface area contributed by atoms with Gasteiger partial charge in [0.2, 0.25) is 0 Å². The van der Waals surface area contributed by atoms with Crippen LogP contribution in [0.15, 0.2) is 36.4 Å². The van der Waals surface area contributed by atoms with E-state index in [-0.39, 0.29) is 6.29 Å². The van der Waals surface area contributed by atoms with Gasteiger partial charge in [-0.15, -0.1) is 0 Å². The lowest BCUT2D eigenvalue weighted by Crippen LogP contribution is -2.12. The van der Waals surface area contributed by atoms with Crippen LogP contribution in [0.4, 0.5) is 0 Å². The van der Waals surface area contributed by atoms with Crippen molar-refractivity contribution < 1.29 is 14.3 Å². The van der Waals surface area contributed by atoms with Crippen molar-refractivity contribution in [2.75, 3.05) is 6.61 Å². The Morgan fingerprint density at radius 1 is 1.38 bits per heavy atom. The van der Waals surface area contributed by atoms with Crippen molar-refractivity contribution in [3.63, 3.8) is 0 Å². The number of ether oxygens (including phenoxy) is 2. The van der Waals surface area contributed by atoms with E-state index in [1.807, 2.05) is 37.3 Å². The van der Waals surface area contributed by atoms with Gasteiger partial charge in [0.05, 0.1) is 0 Å². The summed E-state index contributed by atoms with van der Waals surface area (Å²) in [5.41, 5.74) is 0.862. The van der Waals surface area contributed by atoms with Crippen LogP contribution in [0.1, 0.15) is 19.4 Å². The lowest BCUT2D eigenvalue weighted by molar-refractivity contribution is -0.104. The Labute approximate surface area is 95.7 Å². The number of allylic oxidation sites excluding steroid dienone is 1. The summed E-state index contributed by atoms with van der Waals surface area (Å²) in [5, 5.41) is 0. The van der Waals surface area contributed by atoms with E-state index in [1.165, 1.54) is 6.08 Å². The second-order valence-electron chi connectivity index (χ2n) is 3.17. The average molecular weight is 220 g/mol. The molecule has 0 fully saturated rings. The molecule has 1 atom stereocenters. The third kappa shape index (κ3) is 3.87. The number of rotatable bonds is 6. The monoisotopic (exact) mass is 220 g/mol. The van der Waals surface area contributed by atoms with E-state index >= 15 is 0 Å². The van der Waals surface area contributed by atoms with Crippen molar-refractivity contribution in [2.24, 2.45) is 0 Å². The molecular weight excluding hydrogens is 204 g/mol. The zero-order valence-electron chi connectivity index (χ0n) is 9.55. The number of benzene rings is 1. The Morgan fingerprint density at radius 3 is 2.62 bits per heavy atom. The number of carbonyl (C=O) groups excluding carboxylic acids is 1. The van der Waals surface area contributed by atoms with Gasteiger partial charge in [-0.05, 0) is 13.8 Å². The van der Waals surface area contributed by atoms with E-state index < -0.39 is 0 Å². The quantitative estimate of drug-likeness (QED) is 0.320. The summed E-state index contributed by atoms with van der Waals surface area (Å²) >= 11 is 0. The fraction of sp³-hybridized carbons (Fsp3) is 0.308. The molecule has 16 heavy (non-hydrogen) atoms. The first-order valence-corrected chi connectivity index (χ1v) is 5.27. The highest BCUT2D eigenvalue weighted by Gasteiger charge is 2.07. The normalized spacial score (nSPS) is 13.2. The molecule has 0 aliphatic heterocycles. The number of hydrogen-bond donors (Lipinski definition) is 0. The number of carbonyl (C=O) groups is 1. The van der Waals surface area contributed by atoms with Crippen molar-refractivity contribution in [3.8, 4) is 0 Å². The van der Waals surface area contributed by atoms with Gasteiger partial charge in [-0.3, -0.25) is 4.79 Å². The van der Waals surface area contributed by atoms with Gasteiger partial charge in [0.1, 0.15) is 12.0 Å². The minimum absolute atomic E-state index is 0.364. The van der Waals surface area contributed by atoms with Crippen LogP contribution in [0.25, 0.3) is 5.76 Å². The molecule has 0 N–H and O–H groups in total. The summed E-state index contributed by atoms with van der Waals surface area (Å²) < 4.78 is 10.8. The summed E-state index contributed by atoms with van der Waals surface area (Å²) in [6.45, 7) is 4.26. The number of aldehydes is 1. The predicted octanol–water partition coefficient (Wildman–Crippen LogP) is 2.63. The molecule has 3 nitrogen and oxygen atoms in total. The highest BCUT2D eigenvalue weighted by Crippen LogP contribution is 2.17. The van der Waals surface area contributed by atoms with E-state index in [9.17, 15) is 4.79 Å². The molecule has 0 amide bonds. The molecule has 0 saturated carbocycles. The summed E-state index contributed by atoms with van der Waals surface area (Å²) in [4.78, 5) is 10.5. The van der Waals surface area contributed by atoms with Crippen LogP contribution in [-0.2, 0) is 14.3 Å². The SMILES string of the molecule is CCOC(C)OC(=CC=O)c1ccccc1. The first-order valence-electron chi connectivity index (χ1n) is 5.27. The van der Waals surface area contributed by atoms with E-state index in [1.54, 1.807) is 6.92 Å². The van der Waals surface area contributed by atoms with Crippen LogP contribution >= 0.6 is 0 Å². The van der Waals surface area contributed by atoms with Gasteiger partial charge < -0.3 is 9.47 Å². The Balaban J connectivity index is 2.77. The summed E-state index contributed by atoms with van der Waals surface area (Å²) in [7, 11) is 0. The lowest BCUT2D eigenvalue weighted by atomic mass is 10.2. The van der Waals surface area contributed by atoms with Crippen molar-refractivity contribution in [1.29, 1.82) is 0 Å². The molecule has 0 radical (unpaired) electrons. The lowest BCUT2D eigenvalue weighted by Gasteiger charge is -2.16. The molecule has 3 heteroatoms. The van der Waals surface area contributed by atoms with Gasteiger partial charge in [0, 0.05) is 18.2 Å². The largest absolute Gasteiger partial charge is 0.465 e. The molecule has 0 aliphatic rings. The summed E-state index contributed by atoms with van der Waals surface area (Å²) in [5.74, 6) is 0.525. The van der Waals surface area contributed by atoms with Gasteiger partial charge in [-0.25, -0.2) is 0 Å². The van der Waals surface area contributed by atoms with Gasteiger partial charge in [-0.1, -0.05) is 30.3 Å². The van der Waals surface area contributed by atoms with E-state index in [0.717, 1.165) is 5.56 Å². The maximum Gasteiger partial charge on any atom is 0.196 e. The standard InChI is InChI=1S/C13H16O3/c1-3-15-11(2)16-13(9-10-14)12-7-5-4-6-8-12/h4-11H,3H2,1-2H3. The van der Waals surface area contributed by atoms with Gasteiger partial charge in [-0.2, -0.15) is 0 Å². The first-order chi connectivity index (χ1) is 7.77. The molecule has 1 unspecified atom stereocenters. The zero-order valence-corrected chi connectivity index (χ0v) is 9.55. The molecule has 1 aromatic rings. The van der Waals surface area contributed by atoms with Gasteiger partial charge in [0.25, 0.3) is 0 Å². The Bertz CT molecular complexity index is 343. The Morgan fingerprint density at radius 2 is 2.06 bits per heavy atom. The van der Waals surface area contributed by atoms with Crippen LogP contribution in [0, 0.1) is 0 Å². The van der Waals surface area contributed by atoms with E-state index in [2.05, 4.69) is 0 Å². The van der Waals surface area contributed by atoms with Gasteiger partial charge in [0.15, 0.2) is 6.29 Å². The maximum atomic E-state index is 10.5. The first kappa shape index (κ1) is 12.5. The Kier molecular flexibility index (Phi) is 5.29. The molecule has 1 rings (SSSR count). The van der Waals surface area contributed by atoms with Crippen LogP contribution in [-0.4, -0.2) is 19.2 Å². The smallest absolute Gasteiger partial charge is 0.196 e. The van der Waals surface area contributed by atoms with Crippen molar-refractivity contribution in [1.82, 2.24) is 0 Å². The zero-order chi connectivity index (χ0) is 11.8. The summed E-state index contributed by atoms with van der Waals surface area (Å²) in [6, 6.07) is 9.46. The highest BCUT2D eigenvalue weighted by molar-refractivity contribution is 5.78. The molecule has 0 aliphatic carbocycles. The Hall–Kier alpha value is -1.61. The highest BCUT2D eigenvalue weighted by atomic mass is 16.7. The minimum atomic E-state index is -0.364. The van der Waals surface area contributed by atoms with Gasteiger partial charge >= 0.3 is 0 Å². The van der Waals surface area contributed by atoms with E-state index in [0.29, 0.717) is 18.7 Å². The molecule has 0 heterocycles. The number of hydrogen-bond acceptors (Lipinski definition) is 3. The molecular formula is C13H16O3. The van der Waals surface area contributed by atoms with Crippen LogP contribution in [0.5, 0.6) is 0 Å². The van der Waals surface area contributed by atoms with Crippen molar-refractivity contribution >= 4 is 12.0 Å². The topological polar surface area (TPSA) is 35.5 Å². The third-order valence-corrected chi connectivity index (χ3v) is 1.97. The molecule has 0 aromatic heterocycles. The summed E-state index contributed by atoms with van der Waals surface area (Å²) in [6.07, 6.45) is 1.74. The van der Waals surface area contributed by atoms with Crippen molar-refractivity contribution in [2.45, 2.75) is 20.1 Å². The molecule has 0 bridgehead atoms. The third-order valence-electron chi connectivity index (χ3n) is 1.97. The molecule has 1 aromatic carbocycles. The molecule has 0 spiro atoms. The van der Waals surface area contributed by atoms with Crippen LogP contribution in [0.2, 0.25) is 0 Å². The van der Waals surface area contributed by atoms with Crippen molar-refractivity contribution in [3.05, 3.63) is 42.0 Å². The fourth-order valence-corrected chi connectivity index (χ4v) is 1.32. The minimum Gasteiger partial charge on any atom is -0.465 e. The molecule has 86 valence electrons. The van der Waals surface area contributed by atoms with Crippen LogP contribution < -0.4 is 0 Å². The average Bonchev–Trinajstić information content (AvgIpc) is 2.30. The second kappa shape index (κ2) is 6.80. The molecule has 0 saturated heterocycles. The second-order valence-corrected chi connectivity index (χ2v) is 3.17. The fourth-order valence-electron chi connectivity index (χ4n) is 1.32. The predicted molar refractivity (Wildman–Crippen MR) is 62.7 cm³/mol. The van der Waals surface area contributed by atoms with Crippen LogP contribution in [0.3, 0.4) is 0 Å². The maximum absolute atomic E-state index is 10.5.